The van der Waals surface area contributed by atoms with Gasteiger partial charge in [0, 0.05) is 6.04 Å². The highest BCUT2D eigenvalue weighted by Crippen LogP contribution is 2.26. The van der Waals surface area contributed by atoms with Crippen molar-refractivity contribution in [1.82, 2.24) is 5.43 Å². The van der Waals surface area contributed by atoms with E-state index in [2.05, 4.69) is 30.5 Å². The molecule has 1 unspecified atom stereocenters. The molecule has 0 aromatic heterocycles. The molecule has 1 aromatic carbocycles. The van der Waals surface area contributed by atoms with Crippen LogP contribution < -0.4 is 11.3 Å². The number of hydrazine groups is 1. The Hall–Kier alpha value is -0.860. The van der Waals surface area contributed by atoms with Crippen LogP contribution in [0.4, 0.5) is 0 Å². The van der Waals surface area contributed by atoms with Crippen molar-refractivity contribution in [3.05, 3.63) is 34.9 Å². The molecule has 0 bridgehead atoms. The van der Waals surface area contributed by atoms with Gasteiger partial charge in [-0.3, -0.25) is 11.3 Å². The average molecular weight is 204 g/mol. The normalized spacial score (nSPS) is 16.4. The van der Waals surface area contributed by atoms with Crippen molar-refractivity contribution >= 4 is 0 Å². The summed E-state index contributed by atoms with van der Waals surface area (Å²) in [6.07, 6.45) is 6.07. The Bertz CT molecular complexity index is 333. The summed E-state index contributed by atoms with van der Waals surface area (Å²) in [7, 11) is 0. The molecule has 0 saturated carbocycles. The highest BCUT2D eigenvalue weighted by Gasteiger charge is 2.14. The molecule has 2 rings (SSSR count). The molecule has 82 valence electrons. The summed E-state index contributed by atoms with van der Waals surface area (Å²) in [4.78, 5) is 0. The van der Waals surface area contributed by atoms with Crippen LogP contribution >= 0.6 is 0 Å². The minimum Gasteiger partial charge on any atom is -0.271 e. The molecule has 3 N–H and O–H groups in total. The van der Waals surface area contributed by atoms with Crippen LogP contribution in [0.2, 0.25) is 0 Å². The topological polar surface area (TPSA) is 38.0 Å². The summed E-state index contributed by atoms with van der Waals surface area (Å²) in [6, 6.07) is 7.16. The Morgan fingerprint density at radius 2 is 2.13 bits per heavy atom. The highest BCUT2D eigenvalue weighted by atomic mass is 15.2. The van der Waals surface area contributed by atoms with E-state index >= 15 is 0 Å². The van der Waals surface area contributed by atoms with E-state index in [1.807, 2.05) is 0 Å². The van der Waals surface area contributed by atoms with Gasteiger partial charge >= 0.3 is 0 Å². The van der Waals surface area contributed by atoms with Gasteiger partial charge < -0.3 is 0 Å². The van der Waals surface area contributed by atoms with Crippen LogP contribution in [-0.4, -0.2) is 0 Å². The van der Waals surface area contributed by atoms with E-state index in [1.165, 1.54) is 36.0 Å². The van der Waals surface area contributed by atoms with Crippen LogP contribution in [0.15, 0.2) is 18.2 Å². The lowest BCUT2D eigenvalue weighted by molar-refractivity contribution is 0.510. The van der Waals surface area contributed by atoms with Crippen LogP contribution in [0.1, 0.15) is 48.9 Å². The van der Waals surface area contributed by atoms with Gasteiger partial charge in [0.05, 0.1) is 0 Å². The van der Waals surface area contributed by atoms with Crippen LogP contribution in [0.5, 0.6) is 0 Å². The predicted molar refractivity (Wildman–Crippen MR) is 63.4 cm³/mol. The molecule has 1 atom stereocenters. The predicted octanol–water partition coefficient (Wildman–Crippen LogP) is 2.48. The summed E-state index contributed by atoms with van der Waals surface area (Å²) in [5.41, 5.74) is 7.32. The van der Waals surface area contributed by atoms with Crippen molar-refractivity contribution < 1.29 is 0 Å². The second kappa shape index (κ2) is 4.77. The Morgan fingerprint density at radius 3 is 2.87 bits per heavy atom. The summed E-state index contributed by atoms with van der Waals surface area (Å²) >= 11 is 0. The number of hydrogen-bond donors (Lipinski definition) is 2. The summed E-state index contributed by atoms with van der Waals surface area (Å²) in [5.74, 6) is 5.59. The maximum atomic E-state index is 5.59. The Balaban J connectivity index is 2.20. The molecule has 1 aliphatic carbocycles. The van der Waals surface area contributed by atoms with E-state index < -0.39 is 0 Å². The van der Waals surface area contributed by atoms with Gasteiger partial charge in [-0.25, -0.2) is 0 Å². The summed E-state index contributed by atoms with van der Waals surface area (Å²) < 4.78 is 0. The first-order valence-corrected chi connectivity index (χ1v) is 5.93. The number of hydrogen-bond acceptors (Lipinski definition) is 2. The van der Waals surface area contributed by atoms with Crippen molar-refractivity contribution in [2.75, 3.05) is 0 Å². The van der Waals surface area contributed by atoms with Crippen molar-refractivity contribution in [3.63, 3.8) is 0 Å². The zero-order valence-corrected chi connectivity index (χ0v) is 9.42. The number of nitrogens with one attached hydrogen (secondary N) is 1. The molecule has 1 aromatic rings. The minimum absolute atomic E-state index is 0.320. The number of aryl methyl sites for hydroxylation is 2. The van der Waals surface area contributed by atoms with Gasteiger partial charge in [-0.05, 0) is 42.4 Å². The fourth-order valence-electron chi connectivity index (χ4n) is 2.44. The average Bonchev–Trinajstić information content (AvgIpc) is 2.72. The van der Waals surface area contributed by atoms with E-state index in [0.717, 1.165) is 12.8 Å². The van der Waals surface area contributed by atoms with Crippen LogP contribution in [0, 0.1) is 0 Å². The molecule has 0 radical (unpaired) electrons. The van der Waals surface area contributed by atoms with E-state index in [-0.39, 0.29) is 0 Å². The standard InChI is InChI=1S/C13H20N2/c1-2-4-13(15-14)12-8-7-10-5-3-6-11(10)9-12/h7-9,13,15H,2-6,14H2,1H3. The van der Waals surface area contributed by atoms with Gasteiger partial charge in [0.1, 0.15) is 0 Å². The molecule has 0 fully saturated rings. The molecule has 0 saturated heterocycles. The van der Waals surface area contributed by atoms with Gasteiger partial charge in [0.15, 0.2) is 0 Å². The van der Waals surface area contributed by atoms with Crippen molar-refractivity contribution in [2.45, 2.75) is 45.1 Å². The van der Waals surface area contributed by atoms with Gasteiger partial charge in [0.25, 0.3) is 0 Å². The van der Waals surface area contributed by atoms with Gasteiger partial charge in [-0.2, -0.15) is 0 Å². The fourth-order valence-corrected chi connectivity index (χ4v) is 2.44. The van der Waals surface area contributed by atoms with Crippen LogP contribution in [0.3, 0.4) is 0 Å². The lowest BCUT2D eigenvalue weighted by Crippen LogP contribution is -2.27. The number of benzene rings is 1. The maximum absolute atomic E-state index is 5.59. The number of nitrogens with two attached hydrogens (primary N) is 1. The third-order valence-corrected chi connectivity index (χ3v) is 3.30. The second-order valence-corrected chi connectivity index (χ2v) is 4.39. The lowest BCUT2D eigenvalue weighted by Gasteiger charge is -2.16. The first kappa shape index (κ1) is 10.7. The maximum Gasteiger partial charge on any atom is 0.0460 e. The Labute approximate surface area is 91.8 Å². The first-order chi connectivity index (χ1) is 7.35. The van der Waals surface area contributed by atoms with Gasteiger partial charge in [-0.1, -0.05) is 31.5 Å². The van der Waals surface area contributed by atoms with Crippen LogP contribution in [0.25, 0.3) is 0 Å². The zero-order chi connectivity index (χ0) is 10.7. The van der Waals surface area contributed by atoms with Crippen LogP contribution in [-0.2, 0) is 12.8 Å². The summed E-state index contributed by atoms with van der Waals surface area (Å²) in [5, 5.41) is 0. The molecule has 0 amide bonds. The minimum atomic E-state index is 0.320. The molecular weight excluding hydrogens is 184 g/mol. The lowest BCUT2D eigenvalue weighted by atomic mass is 9.99. The fraction of sp³-hybridized carbons (Fsp3) is 0.538. The molecule has 2 nitrogen and oxygen atoms in total. The number of fused-ring (bicyclic) bond motifs is 1. The van der Waals surface area contributed by atoms with E-state index in [1.54, 1.807) is 0 Å². The molecule has 0 heterocycles. The number of rotatable bonds is 4. The highest BCUT2D eigenvalue weighted by molar-refractivity contribution is 5.36. The zero-order valence-electron chi connectivity index (χ0n) is 9.42. The molecule has 15 heavy (non-hydrogen) atoms. The second-order valence-electron chi connectivity index (χ2n) is 4.39. The Morgan fingerprint density at radius 1 is 1.33 bits per heavy atom. The van der Waals surface area contributed by atoms with E-state index in [4.69, 9.17) is 5.84 Å². The third-order valence-electron chi connectivity index (χ3n) is 3.30. The smallest absolute Gasteiger partial charge is 0.0460 e. The molecule has 2 heteroatoms. The molecule has 0 spiro atoms. The third kappa shape index (κ3) is 2.21. The van der Waals surface area contributed by atoms with Crippen molar-refractivity contribution in [3.8, 4) is 0 Å². The van der Waals surface area contributed by atoms with Gasteiger partial charge in [0.2, 0.25) is 0 Å². The molecule has 0 aliphatic heterocycles. The van der Waals surface area contributed by atoms with Crippen molar-refractivity contribution in [2.24, 2.45) is 5.84 Å². The SMILES string of the molecule is CCCC(NN)c1ccc2c(c1)CCC2. The summed E-state index contributed by atoms with van der Waals surface area (Å²) in [6.45, 7) is 2.19. The van der Waals surface area contributed by atoms with Gasteiger partial charge in [-0.15, -0.1) is 0 Å². The quantitative estimate of drug-likeness (QED) is 0.584. The molecular formula is C13H20N2. The monoisotopic (exact) mass is 204 g/mol. The largest absolute Gasteiger partial charge is 0.271 e. The van der Waals surface area contributed by atoms with E-state index in [0.29, 0.717) is 6.04 Å². The Kier molecular flexibility index (Phi) is 3.39. The van der Waals surface area contributed by atoms with Crippen molar-refractivity contribution in [1.29, 1.82) is 0 Å². The molecule has 1 aliphatic rings. The van der Waals surface area contributed by atoms with E-state index in [9.17, 15) is 0 Å². The first-order valence-electron chi connectivity index (χ1n) is 5.93.